The van der Waals surface area contributed by atoms with Crippen molar-refractivity contribution in [3.63, 3.8) is 0 Å². The van der Waals surface area contributed by atoms with Gasteiger partial charge >= 0.3 is 0 Å². The van der Waals surface area contributed by atoms with Crippen molar-refractivity contribution in [2.24, 2.45) is 0 Å². The van der Waals surface area contributed by atoms with Crippen LogP contribution in [-0.4, -0.2) is 47.0 Å². The van der Waals surface area contributed by atoms with Gasteiger partial charge in [-0.15, -0.1) is 11.3 Å². The van der Waals surface area contributed by atoms with Crippen molar-refractivity contribution in [2.45, 2.75) is 58.3 Å². The number of fused-ring (bicyclic) bond motifs is 4. The summed E-state index contributed by atoms with van der Waals surface area (Å²) in [5.41, 5.74) is 2.27. The number of anilines is 1. The first-order chi connectivity index (χ1) is 17.7. The number of unbranched alkanes of at least 4 members (excludes halogenated alkanes) is 1. The Hall–Kier alpha value is -2.99. The van der Waals surface area contributed by atoms with E-state index in [9.17, 15) is 4.79 Å². The van der Waals surface area contributed by atoms with Gasteiger partial charge in [-0.25, -0.2) is 9.97 Å². The fourth-order valence-corrected chi connectivity index (χ4v) is 6.93. The van der Waals surface area contributed by atoms with E-state index in [4.69, 9.17) is 9.97 Å². The molecule has 6 heteroatoms. The van der Waals surface area contributed by atoms with Gasteiger partial charge in [0, 0.05) is 43.0 Å². The molecule has 1 aliphatic carbocycles. The molecule has 186 valence electrons. The van der Waals surface area contributed by atoms with Crippen molar-refractivity contribution in [3.05, 3.63) is 64.3 Å². The Morgan fingerprint density at radius 1 is 0.944 bits per heavy atom. The van der Waals surface area contributed by atoms with E-state index in [1.54, 1.807) is 0 Å². The van der Waals surface area contributed by atoms with Crippen LogP contribution in [0.4, 0.5) is 5.82 Å². The van der Waals surface area contributed by atoms with Crippen LogP contribution >= 0.6 is 11.3 Å². The van der Waals surface area contributed by atoms with E-state index in [-0.39, 0.29) is 5.91 Å². The maximum atomic E-state index is 13.3. The van der Waals surface area contributed by atoms with Crippen molar-refractivity contribution in [1.29, 1.82) is 0 Å². The number of amides is 1. The number of benzene rings is 2. The number of piperazine rings is 1. The highest BCUT2D eigenvalue weighted by Gasteiger charge is 2.27. The highest BCUT2D eigenvalue weighted by molar-refractivity contribution is 7.19. The summed E-state index contributed by atoms with van der Waals surface area (Å²) in [4.78, 5) is 30.6. The first-order valence-electron chi connectivity index (χ1n) is 13.6. The topological polar surface area (TPSA) is 49.3 Å². The molecule has 5 nitrogen and oxygen atoms in total. The summed E-state index contributed by atoms with van der Waals surface area (Å²) in [6.07, 6.45) is 9.35. The number of aromatic nitrogens is 2. The number of carbonyl (C=O) groups is 1. The first kappa shape index (κ1) is 23.4. The van der Waals surface area contributed by atoms with Gasteiger partial charge in [0.05, 0.1) is 5.39 Å². The molecule has 3 heterocycles. The third kappa shape index (κ3) is 4.47. The average molecular weight is 499 g/mol. The zero-order valence-electron chi connectivity index (χ0n) is 21.1. The number of rotatable bonds is 5. The van der Waals surface area contributed by atoms with Crippen LogP contribution in [0.25, 0.3) is 21.0 Å². The third-order valence-electron chi connectivity index (χ3n) is 7.71. The monoisotopic (exact) mass is 498 g/mol. The summed E-state index contributed by atoms with van der Waals surface area (Å²) in [7, 11) is 0. The number of thiophene rings is 1. The zero-order chi connectivity index (χ0) is 24.5. The number of hydrogen-bond donors (Lipinski definition) is 0. The molecule has 0 N–H and O–H groups in total. The fraction of sp³-hybridized carbons (Fsp3) is 0.433. The molecule has 1 fully saturated rings. The van der Waals surface area contributed by atoms with E-state index in [2.05, 4.69) is 30.0 Å². The lowest BCUT2D eigenvalue weighted by atomic mass is 10.1. The smallest absolute Gasteiger partial charge is 0.253 e. The fourth-order valence-electron chi connectivity index (χ4n) is 5.66. The van der Waals surface area contributed by atoms with E-state index < -0.39 is 0 Å². The predicted molar refractivity (Wildman–Crippen MR) is 149 cm³/mol. The van der Waals surface area contributed by atoms with Gasteiger partial charge in [0.25, 0.3) is 5.91 Å². The van der Waals surface area contributed by atoms with Gasteiger partial charge in [0.1, 0.15) is 16.5 Å². The molecule has 0 radical (unpaired) electrons. The normalized spacial score (nSPS) is 16.4. The summed E-state index contributed by atoms with van der Waals surface area (Å²) < 4.78 is 0. The highest BCUT2D eigenvalue weighted by atomic mass is 32.1. The number of nitrogens with zero attached hydrogens (tertiary/aromatic N) is 4. The number of carbonyl (C=O) groups excluding carboxylic acids is 1. The van der Waals surface area contributed by atoms with Gasteiger partial charge in [-0.1, -0.05) is 50.1 Å². The molecule has 0 bridgehead atoms. The molecule has 2 aromatic heterocycles. The summed E-state index contributed by atoms with van der Waals surface area (Å²) in [6.45, 7) is 5.27. The highest BCUT2D eigenvalue weighted by Crippen LogP contribution is 2.39. The zero-order valence-corrected chi connectivity index (χ0v) is 21.9. The number of hydrogen-bond acceptors (Lipinski definition) is 5. The van der Waals surface area contributed by atoms with E-state index >= 15 is 0 Å². The minimum atomic E-state index is 0.126. The average Bonchev–Trinajstić information content (AvgIpc) is 3.11. The molecule has 0 unspecified atom stereocenters. The number of aryl methyl sites for hydroxylation is 3. The minimum Gasteiger partial charge on any atom is -0.352 e. The largest absolute Gasteiger partial charge is 0.352 e. The molecule has 36 heavy (non-hydrogen) atoms. The Kier molecular flexibility index (Phi) is 6.61. The Morgan fingerprint density at radius 2 is 1.75 bits per heavy atom. The van der Waals surface area contributed by atoms with Gasteiger partial charge in [-0.05, 0) is 60.6 Å². The van der Waals surface area contributed by atoms with Crippen LogP contribution in [0.2, 0.25) is 0 Å². The van der Waals surface area contributed by atoms with E-state index in [1.165, 1.54) is 51.7 Å². The molecular weight excluding hydrogens is 464 g/mol. The summed E-state index contributed by atoms with van der Waals surface area (Å²) in [5.74, 6) is 2.22. The molecule has 6 rings (SSSR count). The molecule has 4 aromatic rings. The van der Waals surface area contributed by atoms with Crippen LogP contribution in [0, 0.1) is 0 Å². The quantitative estimate of drug-likeness (QED) is 0.298. The van der Waals surface area contributed by atoms with Crippen LogP contribution < -0.4 is 4.90 Å². The maximum absolute atomic E-state index is 13.3. The Balaban J connectivity index is 1.26. The second kappa shape index (κ2) is 10.2. The standard InChI is InChI=1S/C30H34N4OS/c1-2-3-13-26-31-28(27-24-11-5-4-6-12-25(24)36-29(27)32-26)33-16-18-34(19-17-33)30(35)23-15-14-21-9-7-8-10-22(21)20-23/h7-10,14-15,20H,2-6,11-13,16-19H2,1H3. The van der Waals surface area contributed by atoms with Gasteiger partial charge in [-0.3, -0.25) is 4.79 Å². The van der Waals surface area contributed by atoms with Gasteiger partial charge in [0.15, 0.2) is 0 Å². The Labute approximate surface area is 217 Å². The van der Waals surface area contributed by atoms with E-state index in [1.807, 2.05) is 40.5 Å². The van der Waals surface area contributed by atoms with Crippen molar-refractivity contribution in [2.75, 3.05) is 31.1 Å². The Bertz CT molecular complexity index is 1400. The van der Waals surface area contributed by atoms with Crippen LogP contribution in [0.15, 0.2) is 42.5 Å². The molecule has 2 aromatic carbocycles. The van der Waals surface area contributed by atoms with Gasteiger partial charge in [0.2, 0.25) is 0 Å². The lowest BCUT2D eigenvalue weighted by molar-refractivity contribution is 0.0746. The summed E-state index contributed by atoms with van der Waals surface area (Å²) in [6, 6.07) is 14.3. The molecular formula is C30H34N4OS. The first-order valence-corrected chi connectivity index (χ1v) is 14.4. The second-order valence-corrected chi connectivity index (χ2v) is 11.2. The summed E-state index contributed by atoms with van der Waals surface area (Å²) in [5, 5.41) is 3.58. The van der Waals surface area contributed by atoms with Crippen LogP contribution in [-0.2, 0) is 19.3 Å². The lowest BCUT2D eigenvalue weighted by Crippen LogP contribution is -2.49. The van der Waals surface area contributed by atoms with Crippen molar-refractivity contribution < 1.29 is 4.79 Å². The van der Waals surface area contributed by atoms with Crippen LogP contribution in [0.5, 0.6) is 0 Å². The molecule has 0 saturated carbocycles. The van der Waals surface area contributed by atoms with Crippen molar-refractivity contribution in [3.8, 4) is 0 Å². The van der Waals surface area contributed by atoms with Crippen molar-refractivity contribution >= 4 is 44.1 Å². The molecule has 1 aliphatic heterocycles. The van der Waals surface area contributed by atoms with Gasteiger partial charge in [-0.2, -0.15) is 0 Å². The predicted octanol–water partition coefficient (Wildman–Crippen LogP) is 6.42. The Morgan fingerprint density at radius 3 is 2.58 bits per heavy atom. The van der Waals surface area contributed by atoms with E-state index in [0.29, 0.717) is 13.1 Å². The minimum absolute atomic E-state index is 0.126. The van der Waals surface area contributed by atoms with Crippen LogP contribution in [0.1, 0.15) is 65.7 Å². The van der Waals surface area contributed by atoms with E-state index in [0.717, 1.165) is 61.4 Å². The second-order valence-electron chi connectivity index (χ2n) is 10.2. The third-order valence-corrected chi connectivity index (χ3v) is 8.89. The maximum Gasteiger partial charge on any atom is 0.253 e. The SMILES string of the molecule is CCCCc1nc(N2CCN(C(=O)c3ccc4ccccc4c3)CC2)c2c3c(sc2n1)CCCCC3. The molecule has 1 saturated heterocycles. The lowest BCUT2D eigenvalue weighted by Gasteiger charge is -2.36. The molecule has 0 atom stereocenters. The van der Waals surface area contributed by atoms with Crippen molar-refractivity contribution in [1.82, 2.24) is 14.9 Å². The summed E-state index contributed by atoms with van der Waals surface area (Å²) >= 11 is 1.90. The molecule has 1 amide bonds. The van der Waals surface area contributed by atoms with Crippen LogP contribution in [0.3, 0.4) is 0 Å². The van der Waals surface area contributed by atoms with Gasteiger partial charge < -0.3 is 9.80 Å². The molecule has 0 spiro atoms. The molecule has 2 aliphatic rings.